The fourth-order valence-corrected chi connectivity index (χ4v) is 1.49. The molecule has 0 radical (unpaired) electrons. The molecule has 1 aromatic rings. The van der Waals surface area contributed by atoms with Crippen LogP contribution >= 0.6 is 0 Å². The lowest BCUT2D eigenvalue weighted by molar-refractivity contribution is 0.0465. The third-order valence-corrected chi connectivity index (χ3v) is 2.26. The molecule has 1 aromatic heterocycles. The molecule has 16 heavy (non-hydrogen) atoms. The summed E-state index contributed by atoms with van der Waals surface area (Å²) in [5.41, 5.74) is 0.811. The first-order chi connectivity index (χ1) is 7.81. The first kappa shape index (κ1) is 11.0. The minimum atomic E-state index is -0.484. The largest absolute Gasteiger partial charge is 0.464 e. The molecule has 1 atom stereocenters. The lowest BCUT2D eigenvalue weighted by atomic mass is 10.1. The Hall–Kier alpha value is -1.53. The summed E-state index contributed by atoms with van der Waals surface area (Å²) in [6, 6.07) is 0. The first-order valence-electron chi connectivity index (χ1n) is 4.89. The number of carbonyl (C=O) groups is 1. The number of methoxy groups -OCH3 is 1. The van der Waals surface area contributed by atoms with Gasteiger partial charge in [0.15, 0.2) is 5.69 Å². The normalized spacial score (nSPS) is 19.7. The zero-order chi connectivity index (χ0) is 11.4. The Kier molecular flexibility index (Phi) is 3.43. The highest BCUT2D eigenvalue weighted by Gasteiger charge is 2.22. The lowest BCUT2D eigenvalue weighted by Gasteiger charge is -2.08. The van der Waals surface area contributed by atoms with Crippen molar-refractivity contribution in [2.75, 3.05) is 20.5 Å². The molecule has 0 bridgehead atoms. The maximum absolute atomic E-state index is 11.4. The molecule has 0 N–H and O–H groups in total. The summed E-state index contributed by atoms with van der Waals surface area (Å²) >= 11 is 0. The van der Waals surface area contributed by atoms with Crippen LogP contribution in [0.5, 0.6) is 0 Å². The van der Waals surface area contributed by atoms with Crippen LogP contribution in [-0.4, -0.2) is 42.6 Å². The van der Waals surface area contributed by atoms with Crippen molar-refractivity contribution in [1.82, 2.24) is 9.97 Å². The highest BCUT2D eigenvalue weighted by molar-refractivity contribution is 5.88. The van der Waals surface area contributed by atoms with Gasteiger partial charge in [0, 0.05) is 18.8 Å². The number of ether oxygens (including phenoxy) is 3. The number of hydrogen-bond donors (Lipinski definition) is 0. The Labute approximate surface area is 92.6 Å². The van der Waals surface area contributed by atoms with Gasteiger partial charge in [-0.05, 0) is 0 Å². The van der Waals surface area contributed by atoms with Gasteiger partial charge < -0.3 is 14.2 Å². The fraction of sp³-hybridized carbons (Fsp3) is 0.500. The van der Waals surface area contributed by atoms with Gasteiger partial charge in [-0.2, -0.15) is 0 Å². The van der Waals surface area contributed by atoms with E-state index in [9.17, 15) is 4.79 Å². The van der Waals surface area contributed by atoms with Gasteiger partial charge in [0.25, 0.3) is 0 Å². The minimum absolute atomic E-state index is 0.0693. The maximum atomic E-state index is 11.4. The van der Waals surface area contributed by atoms with Gasteiger partial charge in [0.2, 0.25) is 0 Å². The number of rotatable bonds is 3. The zero-order valence-corrected chi connectivity index (χ0v) is 8.88. The molecule has 1 aliphatic rings. The van der Waals surface area contributed by atoms with E-state index in [-0.39, 0.29) is 11.8 Å². The van der Waals surface area contributed by atoms with Crippen LogP contribution in [0.1, 0.15) is 16.2 Å². The quantitative estimate of drug-likeness (QED) is 0.682. The molecule has 2 rings (SSSR count). The summed E-state index contributed by atoms with van der Waals surface area (Å²) in [5.74, 6) is -0.484. The van der Waals surface area contributed by atoms with Crippen molar-refractivity contribution < 1.29 is 19.0 Å². The predicted molar refractivity (Wildman–Crippen MR) is 52.8 cm³/mol. The highest BCUT2D eigenvalue weighted by Crippen LogP contribution is 2.12. The Morgan fingerprint density at radius 1 is 1.56 bits per heavy atom. The number of hydrogen-bond acceptors (Lipinski definition) is 6. The molecular formula is C10H12N2O4. The monoisotopic (exact) mass is 224 g/mol. The Morgan fingerprint density at radius 3 is 3.06 bits per heavy atom. The van der Waals surface area contributed by atoms with Gasteiger partial charge in [-0.1, -0.05) is 0 Å². The van der Waals surface area contributed by atoms with E-state index < -0.39 is 5.97 Å². The number of carbonyl (C=O) groups excluding carboxylic acids is 1. The summed E-state index contributed by atoms with van der Waals surface area (Å²) < 4.78 is 15.0. The molecule has 0 aromatic carbocycles. The van der Waals surface area contributed by atoms with Gasteiger partial charge >= 0.3 is 5.97 Å². The van der Waals surface area contributed by atoms with Crippen molar-refractivity contribution in [1.29, 1.82) is 0 Å². The molecule has 1 unspecified atom stereocenters. The molecule has 1 fully saturated rings. The van der Waals surface area contributed by atoms with E-state index in [4.69, 9.17) is 9.47 Å². The van der Waals surface area contributed by atoms with Crippen molar-refractivity contribution in [3.63, 3.8) is 0 Å². The zero-order valence-electron chi connectivity index (χ0n) is 8.88. The molecule has 1 saturated heterocycles. The van der Waals surface area contributed by atoms with Crippen molar-refractivity contribution in [2.24, 2.45) is 0 Å². The van der Waals surface area contributed by atoms with Gasteiger partial charge in [-0.25, -0.2) is 9.78 Å². The molecule has 0 aliphatic carbocycles. The molecular weight excluding hydrogens is 212 g/mol. The van der Waals surface area contributed by atoms with Crippen LogP contribution in [0.25, 0.3) is 0 Å². The van der Waals surface area contributed by atoms with Gasteiger partial charge in [0.05, 0.1) is 25.5 Å². The molecule has 0 saturated carbocycles. The van der Waals surface area contributed by atoms with E-state index in [0.717, 1.165) is 0 Å². The summed E-state index contributed by atoms with van der Waals surface area (Å²) in [6.07, 6.45) is 3.43. The predicted octanol–water partition coefficient (Wildman–Crippen LogP) is 0.179. The highest BCUT2D eigenvalue weighted by atomic mass is 16.7. The van der Waals surface area contributed by atoms with E-state index in [2.05, 4.69) is 14.7 Å². The average Bonchev–Trinajstić information content (AvgIpc) is 2.82. The standard InChI is InChI=1S/C10H12N2O4/c1-14-10(13)9-8(11-2-3-12-9)4-7-5-15-6-16-7/h2-3,7H,4-6H2,1H3. The molecule has 6 nitrogen and oxygen atoms in total. The van der Waals surface area contributed by atoms with Crippen LogP contribution in [0.3, 0.4) is 0 Å². The van der Waals surface area contributed by atoms with Crippen molar-refractivity contribution >= 4 is 5.97 Å². The minimum Gasteiger partial charge on any atom is -0.464 e. The summed E-state index contributed by atoms with van der Waals surface area (Å²) in [4.78, 5) is 19.5. The fourth-order valence-electron chi connectivity index (χ4n) is 1.49. The molecule has 2 heterocycles. The second-order valence-electron chi connectivity index (χ2n) is 3.32. The SMILES string of the molecule is COC(=O)c1nccnc1CC1COCO1. The maximum Gasteiger partial charge on any atom is 0.358 e. The van der Waals surface area contributed by atoms with Crippen LogP contribution in [0.4, 0.5) is 0 Å². The van der Waals surface area contributed by atoms with E-state index in [1.165, 1.54) is 19.5 Å². The molecule has 86 valence electrons. The second-order valence-corrected chi connectivity index (χ2v) is 3.32. The molecule has 1 aliphatic heterocycles. The van der Waals surface area contributed by atoms with Crippen LogP contribution in [0.15, 0.2) is 12.4 Å². The van der Waals surface area contributed by atoms with Crippen LogP contribution in [-0.2, 0) is 20.6 Å². The third kappa shape index (κ3) is 2.34. The summed E-state index contributed by atoms with van der Waals surface area (Å²) in [5, 5.41) is 0. The Bertz CT molecular complexity index is 377. The topological polar surface area (TPSA) is 70.5 Å². The Balaban J connectivity index is 2.15. The number of nitrogens with zero attached hydrogens (tertiary/aromatic N) is 2. The first-order valence-corrected chi connectivity index (χ1v) is 4.89. The third-order valence-electron chi connectivity index (χ3n) is 2.26. The van der Waals surface area contributed by atoms with E-state index >= 15 is 0 Å². The molecule has 6 heteroatoms. The summed E-state index contributed by atoms with van der Waals surface area (Å²) in [6.45, 7) is 0.801. The molecule has 0 spiro atoms. The second kappa shape index (κ2) is 5.00. The van der Waals surface area contributed by atoms with Crippen LogP contribution in [0, 0.1) is 0 Å². The van der Waals surface area contributed by atoms with Crippen LogP contribution < -0.4 is 0 Å². The van der Waals surface area contributed by atoms with E-state index in [0.29, 0.717) is 25.5 Å². The number of aromatic nitrogens is 2. The van der Waals surface area contributed by atoms with E-state index in [1.807, 2.05) is 0 Å². The number of esters is 1. The van der Waals surface area contributed by atoms with Crippen molar-refractivity contribution in [3.05, 3.63) is 23.8 Å². The van der Waals surface area contributed by atoms with Gasteiger partial charge in [-0.3, -0.25) is 4.98 Å². The van der Waals surface area contributed by atoms with Crippen LogP contribution in [0.2, 0.25) is 0 Å². The lowest BCUT2D eigenvalue weighted by Crippen LogP contribution is -2.18. The molecule has 0 amide bonds. The van der Waals surface area contributed by atoms with Gasteiger partial charge in [-0.15, -0.1) is 0 Å². The van der Waals surface area contributed by atoms with Gasteiger partial charge in [0.1, 0.15) is 6.79 Å². The Morgan fingerprint density at radius 2 is 2.38 bits per heavy atom. The van der Waals surface area contributed by atoms with Crippen molar-refractivity contribution in [3.8, 4) is 0 Å². The van der Waals surface area contributed by atoms with Crippen molar-refractivity contribution in [2.45, 2.75) is 12.5 Å². The summed E-state index contributed by atoms with van der Waals surface area (Å²) in [7, 11) is 1.32. The smallest absolute Gasteiger partial charge is 0.358 e. The average molecular weight is 224 g/mol. The van der Waals surface area contributed by atoms with E-state index in [1.54, 1.807) is 0 Å².